The molecule has 0 aliphatic carbocycles. The average molecular weight is 196 g/mol. The first-order valence-corrected chi connectivity index (χ1v) is 4.41. The van der Waals surface area contributed by atoms with Gasteiger partial charge in [0, 0.05) is 4.90 Å². The van der Waals surface area contributed by atoms with E-state index in [1.165, 1.54) is 7.11 Å². The molecule has 0 N–H and O–H groups in total. The Bertz CT molecular complexity index is 308. The van der Waals surface area contributed by atoms with Gasteiger partial charge in [-0.25, -0.2) is 4.79 Å². The highest BCUT2D eigenvalue weighted by Gasteiger charge is 2.14. The number of benzene rings is 1. The molecule has 0 fully saturated rings. The van der Waals surface area contributed by atoms with E-state index in [2.05, 4.69) is 4.74 Å². The fourth-order valence-corrected chi connectivity index (χ4v) is 1.39. The van der Waals surface area contributed by atoms with Crippen molar-refractivity contribution in [2.45, 2.75) is 4.90 Å². The summed E-state index contributed by atoms with van der Waals surface area (Å²) >= 11 is 0.863. The van der Waals surface area contributed by atoms with Crippen LogP contribution in [0.4, 0.5) is 0 Å². The third-order valence-corrected chi connectivity index (χ3v) is 2.17. The fourth-order valence-electron chi connectivity index (χ4n) is 0.721. The number of rotatable bonds is 1. The number of carbonyl (C=O) groups excluding carboxylic acids is 2. The van der Waals surface area contributed by atoms with E-state index in [0.717, 1.165) is 16.7 Å². The highest BCUT2D eigenvalue weighted by Crippen LogP contribution is 2.17. The van der Waals surface area contributed by atoms with E-state index in [1.54, 1.807) is 24.3 Å². The van der Waals surface area contributed by atoms with Crippen LogP contribution in [0.15, 0.2) is 35.2 Å². The molecule has 0 bridgehead atoms. The number of thioether (sulfide) groups is 1. The zero-order valence-corrected chi connectivity index (χ0v) is 7.84. The molecule has 13 heavy (non-hydrogen) atoms. The number of hydrogen-bond donors (Lipinski definition) is 0. The Balaban J connectivity index is 2.60. The first-order chi connectivity index (χ1) is 6.24. The number of methoxy groups -OCH3 is 1. The van der Waals surface area contributed by atoms with Gasteiger partial charge in [-0.3, -0.25) is 4.79 Å². The van der Waals surface area contributed by atoms with Crippen LogP contribution in [0.2, 0.25) is 0 Å². The first-order valence-electron chi connectivity index (χ1n) is 3.59. The van der Waals surface area contributed by atoms with Crippen molar-refractivity contribution in [2.75, 3.05) is 7.11 Å². The smallest absolute Gasteiger partial charge is 0.386 e. The van der Waals surface area contributed by atoms with Gasteiger partial charge in [-0.15, -0.1) is 0 Å². The lowest BCUT2D eigenvalue weighted by Crippen LogP contribution is -2.10. The second kappa shape index (κ2) is 4.67. The van der Waals surface area contributed by atoms with Crippen LogP contribution in [0.25, 0.3) is 0 Å². The molecule has 1 rings (SSSR count). The van der Waals surface area contributed by atoms with Crippen LogP contribution in [0.5, 0.6) is 0 Å². The minimum absolute atomic E-state index is 0.603. The minimum atomic E-state index is -0.825. The average Bonchev–Trinajstić information content (AvgIpc) is 2.18. The Morgan fingerprint density at radius 1 is 1.23 bits per heavy atom. The molecule has 0 aromatic heterocycles. The van der Waals surface area contributed by atoms with Crippen molar-refractivity contribution in [1.29, 1.82) is 0 Å². The molecule has 68 valence electrons. The van der Waals surface area contributed by atoms with Gasteiger partial charge >= 0.3 is 11.1 Å². The van der Waals surface area contributed by atoms with E-state index >= 15 is 0 Å². The molecule has 0 saturated carbocycles. The molecule has 0 aliphatic heterocycles. The molecule has 0 amide bonds. The molecule has 0 heterocycles. The van der Waals surface area contributed by atoms with E-state index in [0.29, 0.717) is 0 Å². The molecule has 0 saturated heterocycles. The molecule has 0 spiro atoms. The normalized spacial score (nSPS) is 9.31. The van der Waals surface area contributed by atoms with Crippen molar-refractivity contribution in [2.24, 2.45) is 0 Å². The lowest BCUT2D eigenvalue weighted by Gasteiger charge is -1.97. The predicted octanol–water partition coefficient (Wildman–Crippen LogP) is 1.48. The predicted molar refractivity (Wildman–Crippen MR) is 49.3 cm³/mol. The summed E-state index contributed by atoms with van der Waals surface area (Å²) in [6.07, 6.45) is 0. The second-order valence-electron chi connectivity index (χ2n) is 2.19. The third-order valence-electron chi connectivity index (χ3n) is 1.31. The summed E-state index contributed by atoms with van der Waals surface area (Å²) < 4.78 is 4.27. The topological polar surface area (TPSA) is 43.4 Å². The monoisotopic (exact) mass is 196 g/mol. The number of ether oxygens (including phenoxy) is 1. The van der Waals surface area contributed by atoms with Gasteiger partial charge in [0.2, 0.25) is 0 Å². The van der Waals surface area contributed by atoms with E-state index in [1.807, 2.05) is 6.07 Å². The Hall–Kier alpha value is -1.29. The van der Waals surface area contributed by atoms with Gasteiger partial charge in [0.05, 0.1) is 7.11 Å². The minimum Gasteiger partial charge on any atom is -0.463 e. The largest absolute Gasteiger partial charge is 0.463 e. The van der Waals surface area contributed by atoms with Crippen molar-refractivity contribution in [1.82, 2.24) is 0 Å². The fraction of sp³-hybridized carbons (Fsp3) is 0.111. The summed E-state index contributed by atoms with van der Waals surface area (Å²) in [5, 5.41) is -0.603. The molecule has 1 aromatic carbocycles. The van der Waals surface area contributed by atoms with Crippen molar-refractivity contribution >= 4 is 22.8 Å². The molecular formula is C9H8O3S. The van der Waals surface area contributed by atoms with Crippen LogP contribution in [0.1, 0.15) is 0 Å². The highest BCUT2D eigenvalue weighted by molar-refractivity contribution is 8.15. The van der Waals surface area contributed by atoms with Gasteiger partial charge in [0.1, 0.15) is 0 Å². The van der Waals surface area contributed by atoms with Crippen LogP contribution >= 0.6 is 11.8 Å². The van der Waals surface area contributed by atoms with Gasteiger partial charge in [-0.1, -0.05) is 18.2 Å². The van der Waals surface area contributed by atoms with E-state index in [4.69, 9.17) is 0 Å². The Morgan fingerprint density at radius 3 is 2.38 bits per heavy atom. The number of hydrogen-bond acceptors (Lipinski definition) is 4. The van der Waals surface area contributed by atoms with Gasteiger partial charge in [-0.05, 0) is 23.9 Å². The van der Waals surface area contributed by atoms with Gasteiger partial charge in [-0.2, -0.15) is 0 Å². The van der Waals surface area contributed by atoms with Gasteiger partial charge in [0.15, 0.2) is 0 Å². The van der Waals surface area contributed by atoms with Crippen LogP contribution in [0.3, 0.4) is 0 Å². The molecule has 3 nitrogen and oxygen atoms in total. The summed E-state index contributed by atoms with van der Waals surface area (Å²) in [6, 6.07) is 8.95. The van der Waals surface area contributed by atoms with Crippen LogP contribution in [-0.2, 0) is 14.3 Å². The molecule has 0 aliphatic rings. The molecule has 1 aromatic rings. The summed E-state index contributed by atoms with van der Waals surface area (Å²) in [7, 11) is 1.19. The van der Waals surface area contributed by atoms with E-state index < -0.39 is 11.1 Å². The van der Waals surface area contributed by atoms with Crippen molar-refractivity contribution in [3.63, 3.8) is 0 Å². The lowest BCUT2D eigenvalue weighted by atomic mass is 10.4. The zero-order valence-electron chi connectivity index (χ0n) is 7.02. The molecule has 0 unspecified atom stereocenters. The van der Waals surface area contributed by atoms with E-state index in [-0.39, 0.29) is 0 Å². The van der Waals surface area contributed by atoms with Crippen LogP contribution < -0.4 is 0 Å². The SMILES string of the molecule is COC(=O)C(=O)Sc1ccccc1. The maximum absolute atomic E-state index is 11.0. The summed E-state index contributed by atoms with van der Waals surface area (Å²) in [5.41, 5.74) is 0. The van der Waals surface area contributed by atoms with Crippen LogP contribution in [-0.4, -0.2) is 18.2 Å². The number of carbonyl (C=O) groups is 2. The molecule has 4 heteroatoms. The molecule has 0 atom stereocenters. The maximum Gasteiger partial charge on any atom is 0.386 e. The molecule has 0 radical (unpaired) electrons. The zero-order chi connectivity index (χ0) is 9.68. The first kappa shape index (κ1) is 9.80. The van der Waals surface area contributed by atoms with Gasteiger partial charge < -0.3 is 4.74 Å². The van der Waals surface area contributed by atoms with Crippen molar-refractivity contribution < 1.29 is 14.3 Å². The molecular weight excluding hydrogens is 188 g/mol. The Labute approximate surface area is 80.1 Å². The van der Waals surface area contributed by atoms with E-state index in [9.17, 15) is 9.59 Å². The highest BCUT2D eigenvalue weighted by atomic mass is 32.2. The summed E-state index contributed by atoms with van der Waals surface area (Å²) in [4.78, 5) is 22.5. The lowest BCUT2D eigenvalue weighted by molar-refractivity contribution is -0.147. The standard InChI is InChI=1S/C9H8O3S/c1-12-8(10)9(11)13-7-5-3-2-4-6-7/h2-6H,1H3. The quantitative estimate of drug-likeness (QED) is 0.387. The second-order valence-corrected chi connectivity index (χ2v) is 3.24. The maximum atomic E-state index is 11.0. The van der Waals surface area contributed by atoms with Crippen LogP contribution in [0, 0.1) is 0 Å². The summed E-state index contributed by atoms with van der Waals surface area (Å²) in [5.74, 6) is -0.825. The van der Waals surface area contributed by atoms with Crippen molar-refractivity contribution in [3.8, 4) is 0 Å². The summed E-state index contributed by atoms with van der Waals surface area (Å²) in [6.45, 7) is 0. The number of esters is 1. The Kier molecular flexibility index (Phi) is 3.52. The van der Waals surface area contributed by atoms with Crippen molar-refractivity contribution in [3.05, 3.63) is 30.3 Å². The third kappa shape index (κ3) is 2.91. The van der Waals surface area contributed by atoms with Gasteiger partial charge in [0.25, 0.3) is 0 Å². The Morgan fingerprint density at radius 2 is 1.85 bits per heavy atom.